The van der Waals surface area contributed by atoms with E-state index in [4.69, 9.17) is 10.8 Å². The van der Waals surface area contributed by atoms with Crippen LogP contribution in [0.4, 0.5) is 4.79 Å². The van der Waals surface area contributed by atoms with E-state index in [2.05, 4.69) is 15.6 Å². The van der Waals surface area contributed by atoms with E-state index >= 15 is 0 Å². The summed E-state index contributed by atoms with van der Waals surface area (Å²) in [6.45, 7) is 2.11. The Morgan fingerprint density at radius 3 is 2.71 bits per heavy atom. The third kappa shape index (κ3) is 5.89. The van der Waals surface area contributed by atoms with Gasteiger partial charge in [0.1, 0.15) is 6.04 Å². The first-order valence-electron chi connectivity index (χ1n) is 6.35. The highest BCUT2D eigenvalue weighted by Gasteiger charge is 2.20. The normalized spacial score (nSPS) is 11.5. The van der Waals surface area contributed by atoms with Crippen LogP contribution in [0.2, 0.25) is 0 Å². The molecule has 1 rings (SSSR count). The number of nitrogens with zero attached hydrogens (tertiary/aromatic N) is 1. The number of carboxylic acids is 1. The lowest BCUT2D eigenvalue weighted by Crippen LogP contribution is -2.46. The Hall–Kier alpha value is -2.64. The van der Waals surface area contributed by atoms with Crippen LogP contribution < -0.4 is 16.4 Å². The molecule has 1 heterocycles. The van der Waals surface area contributed by atoms with E-state index in [0.29, 0.717) is 0 Å². The van der Waals surface area contributed by atoms with Gasteiger partial charge in [-0.05, 0) is 30.5 Å². The molecule has 8 heteroatoms. The number of pyridine rings is 1. The van der Waals surface area contributed by atoms with Crippen molar-refractivity contribution in [3.63, 3.8) is 0 Å². The molecule has 5 N–H and O–H groups in total. The van der Waals surface area contributed by atoms with Crippen molar-refractivity contribution in [1.29, 1.82) is 0 Å². The van der Waals surface area contributed by atoms with Crippen LogP contribution in [0.3, 0.4) is 0 Å². The largest absolute Gasteiger partial charge is 0.480 e. The van der Waals surface area contributed by atoms with Gasteiger partial charge in [-0.2, -0.15) is 0 Å². The van der Waals surface area contributed by atoms with E-state index in [1.165, 1.54) is 0 Å². The highest BCUT2D eigenvalue weighted by atomic mass is 16.4. The van der Waals surface area contributed by atoms with Gasteiger partial charge in [-0.3, -0.25) is 9.78 Å². The Labute approximate surface area is 121 Å². The molecular weight excluding hydrogens is 276 g/mol. The summed E-state index contributed by atoms with van der Waals surface area (Å²) in [5, 5.41) is 13.8. The van der Waals surface area contributed by atoms with Gasteiger partial charge in [0.25, 0.3) is 0 Å². The molecule has 0 unspecified atom stereocenters. The lowest BCUT2D eigenvalue weighted by molar-refractivity contribution is -0.139. The molecule has 0 saturated heterocycles. The van der Waals surface area contributed by atoms with Gasteiger partial charge < -0.3 is 21.5 Å². The lowest BCUT2D eigenvalue weighted by Gasteiger charge is -2.15. The maximum atomic E-state index is 11.7. The first-order valence-corrected chi connectivity index (χ1v) is 6.35. The molecule has 8 nitrogen and oxygen atoms in total. The van der Waals surface area contributed by atoms with Crippen molar-refractivity contribution in [2.24, 2.45) is 5.73 Å². The smallest absolute Gasteiger partial charge is 0.326 e. The number of carboxylic acid groups (broad SMARTS) is 1. The summed E-state index contributed by atoms with van der Waals surface area (Å²) in [4.78, 5) is 37.2. The van der Waals surface area contributed by atoms with Crippen LogP contribution in [0.15, 0.2) is 18.5 Å². The monoisotopic (exact) mass is 294 g/mol. The number of urea groups is 1. The standard InChI is InChI=1S/C13H18N4O4/c1-8-6-15-5-4-9(8)7-16-13(21)17-10(12(19)20)2-3-11(14)18/h4-6,10H,2-3,7H2,1H3,(H2,14,18)(H,19,20)(H2,16,17,21)/t10-/m1/s1. The molecule has 1 atom stereocenters. The summed E-state index contributed by atoms with van der Waals surface area (Å²) in [6.07, 6.45) is 3.11. The van der Waals surface area contributed by atoms with Gasteiger partial charge >= 0.3 is 12.0 Å². The van der Waals surface area contributed by atoms with E-state index in [9.17, 15) is 14.4 Å². The van der Waals surface area contributed by atoms with Gasteiger partial charge in [0, 0.05) is 25.4 Å². The molecule has 0 bridgehead atoms. The fourth-order valence-electron chi connectivity index (χ4n) is 1.63. The molecular formula is C13H18N4O4. The number of nitrogens with two attached hydrogens (primary N) is 1. The molecule has 1 aromatic heterocycles. The number of carbonyl (C=O) groups is 3. The second-order valence-electron chi connectivity index (χ2n) is 4.52. The fourth-order valence-corrected chi connectivity index (χ4v) is 1.63. The zero-order valence-corrected chi connectivity index (χ0v) is 11.6. The Morgan fingerprint density at radius 1 is 1.43 bits per heavy atom. The number of aromatic nitrogens is 1. The van der Waals surface area contributed by atoms with E-state index in [1.54, 1.807) is 18.5 Å². The lowest BCUT2D eigenvalue weighted by atomic mass is 10.1. The molecule has 0 aliphatic carbocycles. The van der Waals surface area contributed by atoms with E-state index < -0.39 is 23.9 Å². The zero-order valence-electron chi connectivity index (χ0n) is 11.6. The molecule has 0 aromatic carbocycles. The number of hydrogen-bond donors (Lipinski definition) is 4. The molecule has 0 fully saturated rings. The van der Waals surface area contributed by atoms with Crippen LogP contribution in [-0.4, -0.2) is 34.0 Å². The second-order valence-corrected chi connectivity index (χ2v) is 4.52. The number of aliphatic carboxylic acids is 1. The van der Waals surface area contributed by atoms with Crippen molar-refractivity contribution in [2.45, 2.75) is 32.4 Å². The van der Waals surface area contributed by atoms with Crippen LogP contribution in [0.5, 0.6) is 0 Å². The topological polar surface area (TPSA) is 134 Å². The Morgan fingerprint density at radius 2 is 2.14 bits per heavy atom. The van der Waals surface area contributed by atoms with Crippen molar-refractivity contribution in [1.82, 2.24) is 15.6 Å². The van der Waals surface area contributed by atoms with Crippen LogP contribution >= 0.6 is 0 Å². The minimum atomic E-state index is -1.22. The second kappa shape index (κ2) is 7.83. The third-order valence-corrected chi connectivity index (χ3v) is 2.86. The number of aryl methyl sites for hydroxylation is 1. The van der Waals surface area contributed by atoms with Crippen molar-refractivity contribution in [2.75, 3.05) is 0 Å². The molecule has 0 saturated carbocycles. The van der Waals surface area contributed by atoms with Gasteiger partial charge in [0.05, 0.1) is 0 Å². The maximum Gasteiger partial charge on any atom is 0.326 e. The van der Waals surface area contributed by atoms with Gasteiger partial charge in [0.15, 0.2) is 0 Å². The van der Waals surface area contributed by atoms with E-state index in [1.807, 2.05) is 6.92 Å². The molecule has 0 radical (unpaired) electrons. The van der Waals surface area contributed by atoms with Gasteiger partial charge in [0.2, 0.25) is 5.91 Å². The first-order chi connectivity index (χ1) is 9.90. The average molecular weight is 294 g/mol. The molecule has 0 aliphatic rings. The Kier molecular flexibility index (Phi) is 6.12. The SMILES string of the molecule is Cc1cnccc1CNC(=O)N[C@H](CCC(N)=O)C(=O)O. The predicted molar refractivity (Wildman–Crippen MR) is 74.2 cm³/mol. The van der Waals surface area contributed by atoms with Gasteiger partial charge in [-0.1, -0.05) is 0 Å². The molecule has 114 valence electrons. The first kappa shape index (κ1) is 16.4. The minimum absolute atomic E-state index is 0.0492. The number of primary amides is 1. The summed E-state index contributed by atoms with van der Waals surface area (Å²) in [6, 6.07) is -0.0173. The van der Waals surface area contributed by atoms with Crippen molar-refractivity contribution in [3.8, 4) is 0 Å². The van der Waals surface area contributed by atoms with Gasteiger partial charge in [-0.15, -0.1) is 0 Å². The van der Waals surface area contributed by atoms with Crippen LogP contribution in [0.25, 0.3) is 0 Å². The average Bonchev–Trinajstić information content (AvgIpc) is 2.42. The summed E-state index contributed by atoms with van der Waals surface area (Å²) in [5.41, 5.74) is 6.75. The number of amides is 3. The van der Waals surface area contributed by atoms with Crippen molar-refractivity contribution >= 4 is 17.9 Å². The molecule has 3 amide bonds. The number of carbonyl (C=O) groups excluding carboxylic acids is 2. The summed E-state index contributed by atoms with van der Waals surface area (Å²) < 4.78 is 0. The molecule has 0 aliphatic heterocycles. The van der Waals surface area contributed by atoms with Crippen molar-refractivity contribution < 1.29 is 19.5 Å². The van der Waals surface area contributed by atoms with E-state index in [0.717, 1.165) is 11.1 Å². The quantitative estimate of drug-likeness (QED) is 0.557. The molecule has 1 aromatic rings. The minimum Gasteiger partial charge on any atom is -0.480 e. The number of rotatable bonds is 7. The van der Waals surface area contributed by atoms with Crippen LogP contribution in [0.1, 0.15) is 24.0 Å². The Bertz CT molecular complexity index is 533. The van der Waals surface area contributed by atoms with Crippen LogP contribution in [-0.2, 0) is 16.1 Å². The predicted octanol–water partition coefficient (Wildman–Crippen LogP) is -0.0921. The molecule has 21 heavy (non-hydrogen) atoms. The highest BCUT2D eigenvalue weighted by Crippen LogP contribution is 2.04. The third-order valence-electron chi connectivity index (χ3n) is 2.86. The summed E-state index contributed by atoms with van der Waals surface area (Å²) in [5.74, 6) is -1.83. The summed E-state index contributed by atoms with van der Waals surface area (Å²) >= 11 is 0. The highest BCUT2D eigenvalue weighted by molar-refractivity contribution is 5.83. The van der Waals surface area contributed by atoms with Crippen molar-refractivity contribution in [3.05, 3.63) is 29.6 Å². The number of nitrogens with one attached hydrogen (secondary N) is 2. The summed E-state index contributed by atoms with van der Waals surface area (Å²) in [7, 11) is 0. The van der Waals surface area contributed by atoms with Gasteiger partial charge in [-0.25, -0.2) is 9.59 Å². The number of hydrogen-bond acceptors (Lipinski definition) is 4. The van der Waals surface area contributed by atoms with Crippen LogP contribution in [0, 0.1) is 6.92 Å². The van der Waals surface area contributed by atoms with E-state index in [-0.39, 0.29) is 19.4 Å². The zero-order chi connectivity index (χ0) is 15.8. The molecule has 0 spiro atoms. The fraction of sp³-hybridized carbons (Fsp3) is 0.385. The Balaban J connectivity index is 2.49. The maximum absolute atomic E-state index is 11.7.